The van der Waals surface area contributed by atoms with E-state index in [0.717, 1.165) is 7.11 Å². The van der Waals surface area contributed by atoms with Gasteiger partial charge in [-0.25, -0.2) is 4.79 Å². The number of hydrogen-bond acceptors (Lipinski definition) is 6. The minimum absolute atomic E-state index is 0.0537. The molecule has 7 nitrogen and oxygen atoms in total. The molecule has 0 radical (unpaired) electrons. The Bertz CT molecular complexity index is 376. The second-order valence-electron chi connectivity index (χ2n) is 4.18. The maximum atomic E-state index is 11.7. The molecule has 0 aromatic heterocycles. The van der Waals surface area contributed by atoms with E-state index in [2.05, 4.69) is 4.74 Å². The van der Waals surface area contributed by atoms with Crippen molar-refractivity contribution in [1.29, 1.82) is 0 Å². The van der Waals surface area contributed by atoms with E-state index in [9.17, 15) is 14.8 Å². The van der Waals surface area contributed by atoms with Gasteiger partial charge in [-0.3, -0.25) is 10.0 Å². The molecule has 0 N–H and O–H groups in total. The summed E-state index contributed by atoms with van der Waals surface area (Å²) in [5, 5.41) is 11.6. The van der Waals surface area contributed by atoms with Crippen molar-refractivity contribution in [3.05, 3.63) is 5.21 Å². The van der Waals surface area contributed by atoms with E-state index in [1.165, 1.54) is 0 Å². The highest BCUT2D eigenvalue weighted by molar-refractivity contribution is 6.35. The summed E-state index contributed by atoms with van der Waals surface area (Å²) in [4.78, 5) is 28.1. The Labute approximate surface area is 105 Å². The Kier molecular flexibility index (Phi) is 4.52. The van der Waals surface area contributed by atoms with Crippen molar-refractivity contribution in [2.75, 3.05) is 13.7 Å². The summed E-state index contributed by atoms with van der Waals surface area (Å²) in [5.41, 5.74) is -0.203. The highest BCUT2D eigenvalue weighted by Crippen LogP contribution is 2.27. The van der Waals surface area contributed by atoms with Crippen LogP contribution in [0.1, 0.15) is 20.8 Å². The van der Waals surface area contributed by atoms with Gasteiger partial charge in [0.05, 0.1) is 24.5 Å². The first-order valence-electron chi connectivity index (χ1n) is 5.69. The lowest BCUT2D eigenvalue weighted by Crippen LogP contribution is -2.38. The lowest BCUT2D eigenvalue weighted by molar-refractivity contribution is -0.737. The third kappa shape index (κ3) is 2.55. The van der Waals surface area contributed by atoms with E-state index in [1.807, 2.05) is 0 Å². The Morgan fingerprint density at radius 2 is 2.11 bits per heavy atom. The minimum atomic E-state index is -1.10. The van der Waals surface area contributed by atoms with Crippen LogP contribution in [0.5, 0.6) is 0 Å². The van der Waals surface area contributed by atoms with Crippen LogP contribution in [0, 0.1) is 17.0 Å². The number of hydrogen-bond donors (Lipinski definition) is 0. The minimum Gasteiger partial charge on any atom is -0.465 e. The maximum Gasteiger partial charge on any atom is 0.405 e. The van der Waals surface area contributed by atoms with Crippen molar-refractivity contribution in [2.45, 2.75) is 26.9 Å². The van der Waals surface area contributed by atoms with Crippen molar-refractivity contribution in [3.8, 4) is 0 Å². The van der Waals surface area contributed by atoms with E-state index in [0.29, 0.717) is 0 Å². The zero-order valence-corrected chi connectivity index (χ0v) is 10.8. The molecule has 2 atom stereocenters. The SMILES string of the molecule is CCOC(=O)[C@H]1O[N+]([O-])=C(C(=O)OC)[C@@H]1C(C)C. The summed E-state index contributed by atoms with van der Waals surface area (Å²) in [7, 11) is 1.16. The number of carbonyl (C=O) groups excluding carboxylic acids is 2. The number of nitrogens with zero attached hydrogens (tertiary/aromatic N) is 1. The molecule has 0 amide bonds. The molecule has 0 fully saturated rings. The van der Waals surface area contributed by atoms with Crippen LogP contribution in [0.25, 0.3) is 0 Å². The fourth-order valence-corrected chi connectivity index (χ4v) is 1.89. The average molecular weight is 259 g/mol. The zero-order valence-electron chi connectivity index (χ0n) is 10.8. The van der Waals surface area contributed by atoms with Crippen molar-refractivity contribution in [2.24, 2.45) is 11.8 Å². The fraction of sp³-hybridized carbons (Fsp3) is 0.727. The summed E-state index contributed by atoms with van der Waals surface area (Å²) in [5.74, 6) is -2.27. The summed E-state index contributed by atoms with van der Waals surface area (Å²) < 4.78 is 9.34. The molecule has 0 aliphatic carbocycles. The molecular formula is C11H17NO6. The molecule has 1 heterocycles. The number of esters is 2. The van der Waals surface area contributed by atoms with Gasteiger partial charge in [-0.1, -0.05) is 13.8 Å². The summed E-state index contributed by atoms with van der Waals surface area (Å²) in [6.07, 6.45) is -1.10. The average Bonchev–Trinajstić information content (AvgIpc) is 2.66. The lowest BCUT2D eigenvalue weighted by Gasteiger charge is -2.19. The molecule has 0 saturated carbocycles. The molecule has 0 unspecified atom stereocenters. The largest absolute Gasteiger partial charge is 0.465 e. The van der Waals surface area contributed by atoms with E-state index in [-0.39, 0.29) is 23.1 Å². The Hall–Kier alpha value is -1.79. The van der Waals surface area contributed by atoms with E-state index in [4.69, 9.17) is 9.57 Å². The van der Waals surface area contributed by atoms with Gasteiger partial charge in [0.2, 0.25) is 0 Å². The number of ether oxygens (including phenoxy) is 2. The van der Waals surface area contributed by atoms with Gasteiger partial charge in [0.1, 0.15) is 0 Å². The Morgan fingerprint density at radius 1 is 1.50 bits per heavy atom. The zero-order chi connectivity index (χ0) is 13.9. The molecule has 0 bridgehead atoms. The predicted octanol–water partition coefficient (Wildman–Crippen LogP) is 0.260. The van der Waals surface area contributed by atoms with Crippen LogP contribution < -0.4 is 0 Å². The van der Waals surface area contributed by atoms with E-state index >= 15 is 0 Å². The van der Waals surface area contributed by atoms with E-state index < -0.39 is 24.0 Å². The first-order chi connectivity index (χ1) is 8.43. The summed E-state index contributed by atoms with van der Waals surface area (Å²) in [6, 6.07) is 0. The highest BCUT2D eigenvalue weighted by Gasteiger charge is 2.50. The van der Waals surface area contributed by atoms with Gasteiger partial charge in [0, 0.05) is 0 Å². The lowest BCUT2D eigenvalue weighted by atomic mass is 9.86. The van der Waals surface area contributed by atoms with Crippen molar-refractivity contribution in [3.63, 3.8) is 0 Å². The predicted molar refractivity (Wildman–Crippen MR) is 60.5 cm³/mol. The molecule has 1 aliphatic heterocycles. The van der Waals surface area contributed by atoms with Crippen LogP contribution >= 0.6 is 0 Å². The number of rotatable bonds is 4. The van der Waals surface area contributed by atoms with Crippen LogP contribution in [0.3, 0.4) is 0 Å². The molecular weight excluding hydrogens is 242 g/mol. The van der Waals surface area contributed by atoms with Crippen molar-refractivity contribution < 1.29 is 28.8 Å². The molecule has 102 valence electrons. The Morgan fingerprint density at radius 3 is 2.56 bits per heavy atom. The molecule has 0 aromatic carbocycles. The monoisotopic (exact) mass is 259 g/mol. The van der Waals surface area contributed by atoms with Crippen LogP contribution in [0.2, 0.25) is 0 Å². The molecule has 18 heavy (non-hydrogen) atoms. The van der Waals surface area contributed by atoms with Crippen LogP contribution in [-0.4, -0.2) is 42.4 Å². The summed E-state index contributed by atoms with van der Waals surface area (Å²) in [6.45, 7) is 5.39. The van der Waals surface area contributed by atoms with Gasteiger partial charge in [-0.15, -0.1) is 0 Å². The maximum absolute atomic E-state index is 11.7. The highest BCUT2D eigenvalue weighted by atomic mass is 16.9. The second kappa shape index (κ2) is 5.70. The van der Waals surface area contributed by atoms with Crippen LogP contribution in [0.4, 0.5) is 0 Å². The third-order valence-electron chi connectivity index (χ3n) is 2.68. The molecule has 0 saturated heterocycles. The summed E-state index contributed by atoms with van der Waals surface area (Å²) >= 11 is 0. The van der Waals surface area contributed by atoms with E-state index in [1.54, 1.807) is 20.8 Å². The van der Waals surface area contributed by atoms with Gasteiger partial charge in [-0.05, 0) is 12.8 Å². The van der Waals surface area contributed by atoms with Crippen LogP contribution in [0.15, 0.2) is 0 Å². The fourth-order valence-electron chi connectivity index (χ4n) is 1.89. The molecule has 1 aliphatic rings. The smallest absolute Gasteiger partial charge is 0.405 e. The normalized spacial score (nSPS) is 22.9. The number of carbonyl (C=O) groups is 2. The van der Waals surface area contributed by atoms with Gasteiger partial charge in [-0.2, -0.15) is 0 Å². The first kappa shape index (κ1) is 14.3. The standard InChI is InChI=1S/C11H17NO6/c1-5-17-11(14)9-7(6(2)3)8(10(13)16-4)12(15)18-9/h6-7,9H,5H2,1-4H3/t7-,9-/m0/s1. The van der Waals surface area contributed by atoms with Gasteiger partial charge < -0.3 is 14.3 Å². The molecule has 0 spiro atoms. The van der Waals surface area contributed by atoms with Gasteiger partial charge in [0.25, 0.3) is 0 Å². The van der Waals surface area contributed by atoms with Crippen LogP contribution in [-0.2, 0) is 23.9 Å². The quantitative estimate of drug-likeness (QED) is 0.531. The molecule has 1 rings (SSSR count). The van der Waals surface area contributed by atoms with Crippen molar-refractivity contribution >= 4 is 17.7 Å². The topological polar surface area (TPSA) is 87.9 Å². The number of methoxy groups -OCH3 is 1. The third-order valence-corrected chi connectivity index (χ3v) is 2.68. The first-order valence-corrected chi connectivity index (χ1v) is 5.69. The molecule has 0 aromatic rings. The van der Waals surface area contributed by atoms with Crippen molar-refractivity contribution in [1.82, 2.24) is 0 Å². The van der Waals surface area contributed by atoms with Gasteiger partial charge in [0.15, 0.2) is 6.10 Å². The Balaban J connectivity index is 3.02. The molecule has 7 heteroatoms. The second-order valence-corrected chi connectivity index (χ2v) is 4.18. The van der Waals surface area contributed by atoms with Gasteiger partial charge >= 0.3 is 17.7 Å².